The maximum atomic E-state index is 12.1. The van der Waals surface area contributed by atoms with E-state index in [4.69, 9.17) is 4.74 Å². The second-order valence-electron chi connectivity index (χ2n) is 4.86. The summed E-state index contributed by atoms with van der Waals surface area (Å²) in [5.74, 6) is 0.120. The predicted octanol–water partition coefficient (Wildman–Crippen LogP) is 4.14. The molecule has 0 spiro atoms. The van der Waals surface area contributed by atoms with Crippen molar-refractivity contribution in [3.8, 4) is 11.5 Å². The predicted molar refractivity (Wildman–Crippen MR) is 99.2 cm³/mol. The molecule has 2 N–H and O–H groups in total. The number of halogens is 1. The first-order valence-corrected chi connectivity index (χ1v) is 8.58. The van der Waals surface area contributed by atoms with Crippen molar-refractivity contribution in [3.05, 3.63) is 57.4 Å². The second kappa shape index (κ2) is 7.02. The highest BCUT2D eigenvalue weighted by Crippen LogP contribution is 2.36. The van der Waals surface area contributed by atoms with Crippen molar-refractivity contribution < 1.29 is 14.6 Å². The zero-order chi connectivity index (χ0) is 17.1. The number of carbonyl (C=O) groups is 1. The Hall–Kier alpha value is -2.38. The van der Waals surface area contributed by atoms with Gasteiger partial charge in [-0.2, -0.15) is 5.10 Å². The van der Waals surface area contributed by atoms with Gasteiger partial charge >= 0.3 is 0 Å². The first-order valence-electron chi connectivity index (χ1n) is 6.97. The minimum absolute atomic E-state index is 0.106. The maximum absolute atomic E-state index is 12.1. The van der Waals surface area contributed by atoms with E-state index < -0.39 is 5.91 Å². The molecule has 0 aliphatic rings. The molecular formula is C17H13BrN2O3S. The lowest BCUT2D eigenvalue weighted by Gasteiger charge is -2.03. The molecule has 3 rings (SSSR count). The summed E-state index contributed by atoms with van der Waals surface area (Å²) >= 11 is 4.78. The number of thiophene rings is 1. The third-order valence-electron chi connectivity index (χ3n) is 3.33. The van der Waals surface area contributed by atoms with Crippen LogP contribution in [0.25, 0.3) is 10.1 Å². The number of fused-ring (bicyclic) bond motifs is 1. The number of phenols is 1. The number of hydrogen-bond donors (Lipinski definition) is 2. The summed E-state index contributed by atoms with van der Waals surface area (Å²) in [7, 11) is 1.60. The van der Waals surface area contributed by atoms with E-state index in [2.05, 4.69) is 26.5 Å². The van der Waals surface area contributed by atoms with Crippen molar-refractivity contribution in [3.63, 3.8) is 0 Å². The Morgan fingerprint density at radius 2 is 2.12 bits per heavy atom. The summed E-state index contributed by atoms with van der Waals surface area (Å²) in [6.45, 7) is 0. The second-order valence-corrected chi connectivity index (χ2v) is 6.86. The van der Waals surface area contributed by atoms with Crippen LogP contribution in [0.2, 0.25) is 0 Å². The van der Waals surface area contributed by atoms with Crippen molar-refractivity contribution in [1.29, 1.82) is 0 Å². The lowest BCUT2D eigenvalue weighted by Crippen LogP contribution is -2.17. The summed E-state index contributed by atoms with van der Waals surface area (Å²) < 4.78 is 7.21. The number of methoxy groups -OCH3 is 1. The molecule has 0 aliphatic carbocycles. The van der Waals surface area contributed by atoms with Crippen LogP contribution in [0.5, 0.6) is 11.5 Å². The van der Waals surface area contributed by atoms with Crippen LogP contribution in [-0.2, 0) is 0 Å². The Bertz CT molecular complexity index is 937. The first-order chi connectivity index (χ1) is 11.6. The average Bonchev–Trinajstić information content (AvgIpc) is 2.94. The normalized spacial score (nSPS) is 11.1. The van der Waals surface area contributed by atoms with Gasteiger partial charge in [0.25, 0.3) is 5.91 Å². The molecule has 0 saturated carbocycles. The van der Waals surface area contributed by atoms with Gasteiger partial charge in [0.2, 0.25) is 0 Å². The lowest BCUT2D eigenvalue weighted by molar-refractivity contribution is 0.0952. The van der Waals surface area contributed by atoms with Crippen LogP contribution in [0.1, 0.15) is 15.2 Å². The molecule has 2 aromatic carbocycles. The van der Waals surface area contributed by atoms with Crippen molar-refractivity contribution in [1.82, 2.24) is 5.43 Å². The van der Waals surface area contributed by atoms with Gasteiger partial charge in [0.15, 0.2) is 0 Å². The van der Waals surface area contributed by atoms with Crippen LogP contribution >= 0.6 is 27.3 Å². The highest BCUT2D eigenvalue weighted by atomic mass is 79.9. The molecule has 1 amide bonds. The molecule has 1 heterocycles. The van der Waals surface area contributed by atoms with Crippen molar-refractivity contribution >= 4 is 49.5 Å². The van der Waals surface area contributed by atoms with Gasteiger partial charge in [-0.15, -0.1) is 11.3 Å². The summed E-state index contributed by atoms with van der Waals surface area (Å²) in [6.07, 6.45) is 1.54. The maximum Gasteiger partial charge on any atom is 0.275 e. The quantitative estimate of drug-likeness (QED) is 0.506. The number of nitrogens with zero attached hydrogens (tertiary/aromatic N) is 1. The molecule has 0 bridgehead atoms. The summed E-state index contributed by atoms with van der Waals surface area (Å²) in [4.78, 5) is 12.9. The number of phenolic OH excluding ortho intramolecular Hbond substituents is 1. The van der Waals surface area contributed by atoms with E-state index in [1.165, 1.54) is 29.7 Å². The summed E-state index contributed by atoms with van der Waals surface area (Å²) in [6, 6.07) is 12.5. The number of benzene rings is 2. The molecule has 122 valence electrons. The van der Waals surface area contributed by atoms with Crippen LogP contribution in [0.4, 0.5) is 0 Å². The molecule has 0 radical (unpaired) electrons. The van der Waals surface area contributed by atoms with Crippen molar-refractivity contribution in [2.45, 2.75) is 0 Å². The fourth-order valence-electron chi connectivity index (χ4n) is 2.24. The van der Waals surface area contributed by atoms with E-state index in [0.29, 0.717) is 4.47 Å². The fraction of sp³-hybridized carbons (Fsp3) is 0.0588. The number of nitrogens with one attached hydrogen (secondary N) is 1. The Balaban J connectivity index is 1.81. The monoisotopic (exact) mass is 404 g/mol. The van der Waals surface area contributed by atoms with Crippen molar-refractivity contribution in [2.24, 2.45) is 5.10 Å². The average molecular weight is 405 g/mol. The number of hydrogen-bond acceptors (Lipinski definition) is 5. The lowest BCUT2D eigenvalue weighted by atomic mass is 10.2. The van der Waals surface area contributed by atoms with Crippen molar-refractivity contribution in [2.75, 3.05) is 7.11 Å². The van der Waals surface area contributed by atoms with E-state index in [1.54, 1.807) is 13.2 Å². The van der Waals surface area contributed by atoms with Crippen LogP contribution in [0.3, 0.4) is 0 Å². The van der Waals surface area contributed by atoms with Gasteiger partial charge in [0.05, 0.1) is 23.8 Å². The van der Waals surface area contributed by atoms with Gasteiger partial charge < -0.3 is 9.84 Å². The standard InChI is InChI=1S/C17H13BrN2O3S/c1-23-16-11-4-2-3-5-14(11)24-15(16)9-19-20-17(22)12-8-10(18)6-7-13(12)21/h2-9,21H,1H3,(H,20,22)/b19-9-. The highest BCUT2D eigenvalue weighted by molar-refractivity contribution is 9.10. The van der Waals surface area contributed by atoms with Crippen LogP contribution < -0.4 is 10.2 Å². The molecule has 5 nitrogen and oxygen atoms in total. The number of ether oxygens (including phenoxy) is 1. The molecule has 0 saturated heterocycles. The van der Waals surface area contributed by atoms with E-state index in [9.17, 15) is 9.90 Å². The highest BCUT2D eigenvalue weighted by Gasteiger charge is 2.12. The van der Waals surface area contributed by atoms with Gasteiger partial charge in [0.1, 0.15) is 11.5 Å². The van der Waals surface area contributed by atoms with E-state index in [1.807, 2.05) is 24.3 Å². The first kappa shape index (κ1) is 16.5. The van der Waals surface area contributed by atoms with Gasteiger partial charge in [-0.25, -0.2) is 5.43 Å². The Kier molecular flexibility index (Phi) is 4.82. The fourth-order valence-corrected chi connectivity index (χ4v) is 3.64. The van der Waals surface area contributed by atoms with Gasteiger partial charge in [-0.05, 0) is 30.3 Å². The van der Waals surface area contributed by atoms with Crippen LogP contribution in [0, 0.1) is 0 Å². The zero-order valence-corrected chi connectivity index (χ0v) is 15.0. The van der Waals surface area contributed by atoms with E-state index >= 15 is 0 Å². The Morgan fingerprint density at radius 1 is 1.33 bits per heavy atom. The number of aromatic hydroxyl groups is 1. The van der Waals surface area contributed by atoms with Crippen LogP contribution in [-0.4, -0.2) is 24.3 Å². The van der Waals surface area contributed by atoms with Gasteiger partial charge in [0, 0.05) is 14.6 Å². The number of rotatable bonds is 4. The molecule has 0 aliphatic heterocycles. The number of hydrazone groups is 1. The third-order valence-corrected chi connectivity index (χ3v) is 4.91. The molecule has 1 aromatic heterocycles. The summed E-state index contributed by atoms with van der Waals surface area (Å²) in [5, 5.41) is 14.7. The van der Waals surface area contributed by atoms with Crippen LogP contribution in [0.15, 0.2) is 52.0 Å². The van der Waals surface area contributed by atoms with Gasteiger partial charge in [-0.3, -0.25) is 4.79 Å². The molecule has 3 aromatic rings. The smallest absolute Gasteiger partial charge is 0.275 e. The topological polar surface area (TPSA) is 70.9 Å². The largest absolute Gasteiger partial charge is 0.507 e. The molecule has 0 unspecified atom stereocenters. The minimum atomic E-state index is -0.495. The summed E-state index contributed by atoms with van der Waals surface area (Å²) in [5.41, 5.74) is 2.56. The van der Waals surface area contributed by atoms with E-state index in [0.717, 1.165) is 20.7 Å². The third kappa shape index (κ3) is 3.27. The minimum Gasteiger partial charge on any atom is -0.507 e. The Morgan fingerprint density at radius 3 is 2.92 bits per heavy atom. The van der Waals surface area contributed by atoms with Gasteiger partial charge in [-0.1, -0.05) is 28.1 Å². The zero-order valence-electron chi connectivity index (χ0n) is 12.6. The molecular weight excluding hydrogens is 392 g/mol. The molecule has 0 fully saturated rings. The SMILES string of the molecule is COc1c(/C=N\NC(=O)c2cc(Br)ccc2O)sc2ccccc12. The number of carbonyl (C=O) groups excluding carboxylic acids is 1. The molecule has 24 heavy (non-hydrogen) atoms. The van der Waals surface area contributed by atoms with E-state index in [-0.39, 0.29) is 11.3 Å². The number of amides is 1. The molecule has 0 atom stereocenters. The molecule has 7 heteroatoms. The Labute approximate surface area is 150 Å².